The number of aliphatic hydroxyl groups is 1. The third-order valence-corrected chi connectivity index (χ3v) is 3.87. The van der Waals surface area contributed by atoms with E-state index in [4.69, 9.17) is 5.11 Å². The molecule has 0 spiro atoms. The summed E-state index contributed by atoms with van der Waals surface area (Å²) in [6, 6.07) is 10.6. The van der Waals surface area contributed by atoms with Crippen LogP contribution in [0.5, 0.6) is 0 Å². The first-order chi connectivity index (χ1) is 10.4. The summed E-state index contributed by atoms with van der Waals surface area (Å²) in [5.41, 5.74) is 1.35. The van der Waals surface area contributed by atoms with E-state index in [0.717, 1.165) is 6.42 Å². The van der Waals surface area contributed by atoms with E-state index in [1.807, 2.05) is 23.1 Å². The molecule has 122 valence electrons. The lowest BCUT2D eigenvalue weighted by Crippen LogP contribution is -2.45. The number of amides is 2. The summed E-state index contributed by atoms with van der Waals surface area (Å²) in [6.45, 7) is 7.77. The van der Waals surface area contributed by atoms with Crippen LogP contribution in [0.4, 0.5) is 4.79 Å². The van der Waals surface area contributed by atoms with Crippen molar-refractivity contribution in [3.63, 3.8) is 0 Å². The molecule has 22 heavy (non-hydrogen) atoms. The van der Waals surface area contributed by atoms with Crippen molar-refractivity contribution in [2.24, 2.45) is 5.41 Å². The minimum absolute atomic E-state index is 0.00759. The minimum atomic E-state index is -0.00759. The van der Waals surface area contributed by atoms with E-state index in [0.29, 0.717) is 25.4 Å². The van der Waals surface area contributed by atoms with Gasteiger partial charge in [-0.3, -0.25) is 0 Å². The van der Waals surface area contributed by atoms with Gasteiger partial charge in [-0.15, -0.1) is 0 Å². The zero-order valence-corrected chi connectivity index (χ0v) is 13.9. The van der Waals surface area contributed by atoms with Crippen LogP contribution in [0.2, 0.25) is 0 Å². The van der Waals surface area contributed by atoms with Crippen molar-refractivity contribution in [1.29, 1.82) is 0 Å². The first kappa shape index (κ1) is 16.8. The summed E-state index contributed by atoms with van der Waals surface area (Å²) in [7, 11) is 0. The number of urea groups is 1. The fourth-order valence-corrected chi connectivity index (χ4v) is 2.76. The molecular formula is C18H28N2O2. The van der Waals surface area contributed by atoms with Crippen LogP contribution >= 0.6 is 0 Å². The molecule has 2 atom stereocenters. The molecule has 0 heterocycles. The van der Waals surface area contributed by atoms with Gasteiger partial charge in [0.05, 0.1) is 0 Å². The van der Waals surface area contributed by atoms with Crippen LogP contribution in [0.3, 0.4) is 0 Å². The lowest BCUT2D eigenvalue weighted by atomic mass is 9.96. The SMILES string of the molecule is CC(C)(C)CN(CCCO)C(=O)NC1CC1c1ccccc1. The van der Waals surface area contributed by atoms with Crippen LogP contribution in [0.15, 0.2) is 30.3 Å². The van der Waals surface area contributed by atoms with E-state index in [1.54, 1.807) is 0 Å². The molecule has 1 saturated carbocycles. The fourth-order valence-electron chi connectivity index (χ4n) is 2.76. The van der Waals surface area contributed by atoms with Crippen molar-refractivity contribution in [3.05, 3.63) is 35.9 Å². The number of hydrogen-bond donors (Lipinski definition) is 2. The van der Waals surface area contributed by atoms with Gasteiger partial charge in [0, 0.05) is 31.7 Å². The monoisotopic (exact) mass is 304 g/mol. The van der Waals surface area contributed by atoms with E-state index in [-0.39, 0.29) is 24.1 Å². The zero-order chi connectivity index (χ0) is 16.2. The minimum Gasteiger partial charge on any atom is -0.396 e. The Kier molecular flexibility index (Phi) is 5.46. The van der Waals surface area contributed by atoms with E-state index >= 15 is 0 Å². The highest BCUT2D eigenvalue weighted by molar-refractivity contribution is 5.75. The number of aliphatic hydroxyl groups excluding tert-OH is 1. The lowest BCUT2D eigenvalue weighted by Gasteiger charge is -2.30. The van der Waals surface area contributed by atoms with Crippen molar-refractivity contribution in [2.75, 3.05) is 19.7 Å². The summed E-state index contributed by atoms with van der Waals surface area (Å²) >= 11 is 0. The van der Waals surface area contributed by atoms with Gasteiger partial charge in [0.2, 0.25) is 0 Å². The number of carbonyl (C=O) groups is 1. The molecular weight excluding hydrogens is 276 g/mol. The Morgan fingerprint density at radius 1 is 1.32 bits per heavy atom. The van der Waals surface area contributed by atoms with Gasteiger partial charge in [-0.2, -0.15) is 0 Å². The maximum Gasteiger partial charge on any atom is 0.317 e. The Morgan fingerprint density at radius 3 is 2.59 bits per heavy atom. The second-order valence-corrected chi connectivity index (χ2v) is 7.37. The van der Waals surface area contributed by atoms with Crippen LogP contribution in [0.25, 0.3) is 0 Å². The van der Waals surface area contributed by atoms with Crippen LogP contribution < -0.4 is 5.32 Å². The molecule has 1 aromatic carbocycles. The molecule has 1 fully saturated rings. The summed E-state index contributed by atoms with van der Waals surface area (Å²) in [4.78, 5) is 14.3. The number of hydrogen-bond acceptors (Lipinski definition) is 2. The molecule has 1 aliphatic rings. The normalized spacial score (nSPS) is 20.5. The summed E-state index contributed by atoms with van der Waals surface area (Å²) < 4.78 is 0. The van der Waals surface area contributed by atoms with E-state index < -0.39 is 0 Å². The Hall–Kier alpha value is -1.55. The van der Waals surface area contributed by atoms with Crippen LogP contribution in [-0.4, -0.2) is 41.8 Å². The fraction of sp³-hybridized carbons (Fsp3) is 0.611. The van der Waals surface area contributed by atoms with Gasteiger partial charge in [-0.25, -0.2) is 4.79 Å². The molecule has 0 radical (unpaired) electrons. The van der Waals surface area contributed by atoms with E-state index in [1.165, 1.54) is 5.56 Å². The molecule has 0 aliphatic heterocycles. The molecule has 0 bridgehead atoms. The summed E-state index contributed by atoms with van der Waals surface area (Å²) in [6.07, 6.45) is 1.63. The zero-order valence-electron chi connectivity index (χ0n) is 13.9. The predicted molar refractivity (Wildman–Crippen MR) is 88.9 cm³/mol. The number of nitrogens with one attached hydrogen (secondary N) is 1. The molecule has 2 rings (SSSR count). The van der Waals surface area contributed by atoms with E-state index in [9.17, 15) is 4.79 Å². The number of nitrogens with zero attached hydrogens (tertiary/aromatic N) is 1. The molecule has 2 N–H and O–H groups in total. The molecule has 1 aliphatic carbocycles. The van der Waals surface area contributed by atoms with Gasteiger partial charge in [-0.05, 0) is 23.8 Å². The van der Waals surface area contributed by atoms with Crippen LogP contribution in [-0.2, 0) is 0 Å². The second kappa shape index (κ2) is 7.14. The van der Waals surface area contributed by atoms with E-state index in [2.05, 4.69) is 38.2 Å². The molecule has 0 aromatic heterocycles. The summed E-state index contributed by atoms with van der Waals surface area (Å²) in [5.74, 6) is 0.444. The Bertz CT molecular complexity index is 482. The molecule has 4 nitrogen and oxygen atoms in total. The maximum absolute atomic E-state index is 12.5. The molecule has 2 amide bonds. The van der Waals surface area contributed by atoms with Crippen molar-refractivity contribution in [3.8, 4) is 0 Å². The highest BCUT2D eigenvalue weighted by Crippen LogP contribution is 2.40. The Morgan fingerprint density at radius 2 is 2.00 bits per heavy atom. The first-order valence-electron chi connectivity index (χ1n) is 8.12. The summed E-state index contributed by atoms with van der Waals surface area (Å²) in [5, 5.41) is 12.2. The van der Waals surface area contributed by atoms with Gasteiger partial charge >= 0.3 is 6.03 Å². The van der Waals surface area contributed by atoms with Gasteiger partial charge in [0.25, 0.3) is 0 Å². The third-order valence-electron chi connectivity index (χ3n) is 3.87. The molecule has 4 heteroatoms. The van der Waals surface area contributed by atoms with Crippen molar-refractivity contribution >= 4 is 6.03 Å². The highest BCUT2D eigenvalue weighted by Gasteiger charge is 2.40. The van der Waals surface area contributed by atoms with Gasteiger partial charge in [-0.1, -0.05) is 51.1 Å². The second-order valence-electron chi connectivity index (χ2n) is 7.37. The van der Waals surface area contributed by atoms with Gasteiger partial charge in [0.1, 0.15) is 0 Å². The quantitative estimate of drug-likeness (QED) is 0.849. The average molecular weight is 304 g/mol. The average Bonchev–Trinajstić information content (AvgIpc) is 3.22. The number of benzene rings is 1. The smallest absolute Gasteiger partial charge is 0.317 e. The largest absolute Gasteiger partial charge is 0.396 e. The lowest BCUT2D eigenvalue weighted by molar-refractivity contribution is 0.164. The van der Waals surface area contributed by atoms with Crippen molar-refractivity contribution in [2.45, 2.75) is 45.6 Å². The van der Waals surface area contributed by atoms with Crippen molar-refractivity contribution < 1.29 is 9.90 Å². The standard InChI is InChI=1S/C18H28N2O2/c1-18(2,3)13-20(10-7-11-21)17(22)19-16-12-15(16)14-8-5-4-6-9-14/h4-6,8-9,15-16,21H,7,10-13H2,1-3H3,(H,19,22). The van der Waals surface area contributed by atoms with Gasteiger partial charge < -0.3 is 15.3 Å². The number of carbonyl (C=O) groups excluding carboxylic acids is 1. The first-order valence-corrected chi connectivity index (χ1v) is 8.12. The Labute approximate surface area is 133 Å². The predicted octanol–water partition coefficient (Wildman–Crippen LogP) is 2.98. The number of rotatable bonds is 6. The maximum atomic E-state index is 12.5. The molecule has 0 saturated heterocycles. The molecule has 2 unspecified atom stereocenters. The molecule has 1 aromatic rings. The highest BCUT2D eigenvalue weighted by atomic mass is 16.3. The Balaban J connectivity index is 1.89. The van der Waals surface area contributed by atoms with Crippen LogP contribution in [0, 0.1) is 5.41 Å². The van der Waals surface area contributed by atoms with Crippen molar-refractivity contribution in [1.82, 2.24) is 10.2 Å². The third kappa shape index (κ3) is 5.02. The topological polar surface area (TPSA) is 52.6 Å². The van der Waals surface area contributed by atoms with Crippen LogP contribution in [0.1, 0.15) is 45.1 Å². The van der Waals surface area contributed by atoms with Gasteiger partial charge in [0.15, 0.2) is 0 Å².